The van der Waals surface area contributed by atoms with E-state index in [4.69, 9.17) is 9.15 Å². The van der Waals surface area contributed by atoms with Crippen molar-refractivity contribution < 1.29 is 13.9 Å². The van der Waals surface area contributed by atoms with Crippen LogP contribution >= 0.6 is 0 Å². The molecule has 0 atom stereocenters. The first kappa shape index (κ1) is 16.6. The van der Waals surface area contributed by atoms with Gasteiger partial charge in [0.05, 0.1) is 11.4 Å². The average Bonchev–Trinajstić information content (AvgIpc) is 3.10. The van der Waals surface area contributed by atoms with Crippen LogP contribution in [0.25, 0.3) is 0 Å². The molecule has 5 nitrogen and oxygen atoms in total. The number of hydrogen-bond acceptors (Lipinski definition) is 4. The quantitative estimate of drug-likeness (QED) is 0.734. The zero-order valence-electron chi connectivity index (χ0n) is 14.2. The highest BCUT2D eigenvalue weighted by Crippen LogP contribution is 2.24. The lowest BCUT2D eigenvalue weighted by atomic mass is 10.2. The van der Waals surface area contributed by atoms with Gasteiger partial charge in [-0.15, -0.1) is 0 Å². The monoisotopic (exact) mass is 336 g/mol. The highest BCUT2D eigenvalue weighted by Gasteiger charge is 2.14. The maximum atomic E-state index is 12.4. The van der Waals surface area contributed by atoms with Crippen molar-refractivity contribution in [2.75, 3.05) is 24.3 Å². The fraction of sp³-hybridized carbons (Fsp3) is 0.150. The summed E-state index contributed by atoms with van der Waals surface area (Å²) in [6.07, 6.45) is 0. The molecule has 25 heavy (non-hydrogen) atoms. The van der Waals surface area contributed by atoms with Crippen molar-refractivity contribution in [3.63, 3.8) is 0 Å². The summed E-state index contributed by atoms with van der Waals surface area (Å²) in [5.41, 5.74) is 1.66. The summed E-state index contributed by atoms with van der Waals surface area (Å²) in [7, 11) is 3.85. The van der Waals surface area contributed by atoms with Gasteiger partial charge in [-0.1, -0.05) is 30.3 Å². The standard InChI is InChI=1S/C20H20N2O3/c1-22(2)18-11-7-6-10-17(18)21-20(23)19-13-12-16(25-19)14-24-15-8-4-3-5-9-15/h3-13H,14H2,1-2H3,(H,21,23). The number of furan rings is 1. The predicted molar refractivity (Wildman–Crippen MR) is 98.2 cm³/mol. The number of amides is 1. The second-order valence-corrected chi connectivity index (χ2v) is 5.73. The summed E-state index contributed by atoms with van der Waals surface area (Å²) in [5, 5.41) is 2.88. The molecule has 3 aromatic rings. The lowest BCUT2D eigenvalue weighted by Gasteiger charge is -2.17. The normalized spacial score (nSPS) is 10.3. The van der Waals surface area contributed by atoms with Gasteiger partial charge in [0.1, 0.15) is 18.1 Å². The van der Waals surface area contributed by atoms with Crippen molar-refractivity contribution in [1.29, 1.82) is 0 Å². The van der Waals surface area contributed by atoms with Gasteiger partial charge in [-0.3, -0.25) is 4.79 Å². The lowest BCUT2D eigenvalue weighted by Crippen LogP contribution is -2.16. The largest absolute Gasteiger partial charge is 0.486 e. The molecule has 128 valence electrons. The fourth-order valence-electron chi connectivity index (χ4n) is 2.40. The molecule has 0 saturated carbocycles. The van der Waals surface area contributed by atoms with Crippen molar-refractivity contribution in [1.82, 2.24) is 0 Å². The molecular formula is C20H20N2O3. The zero-order valence-corrected chi connectivity index (χ0v) is 14.2. The fourth-order valence-corrected chi connectivity index (χ4v) is 2.40. The SMILES string of the molecule is CN(C)c1ccccc1NC(=O)c1ccc(COc2ccccc2)o1. The smallest absolute Gasteiger partial charge is 0.291 e. The maximum Gasteiger partial charge on any atom is 0.291 e. The van der Waals surface area contributed by atoms with Crippen LogP contribution in [0.5, 0.6) is 5.75 Å². The Balaban J connectivity index is 1.65. The van der Waals surface area contributed by atoms with Crippen molar-refractivity contribution in [2.45, 2.75) is 6.61 Å². The minimum atomic E-state index is -0.291. The zero-order chi connectivity index (χ0) is 17.6. The van der Waals surface area contributed by atoms with Crippen LogP contribution in [0.1, 0.15) is 16.3 Å². The van der Waals surface area contributed by atoms with E-state index in [9.17, 15) is 4.79 Å². The molecule has 3 rings (SSSR count). The summed E-state index contributed by atoms with van der Waals surface area (Å²) in [5.74, 6) is 1.31. The van der Waals surface area contributed by atoms with Gasteiger partial charge < -0.3 is 19.4 Å². The van der Waals surface area contributed by atoms with Crippen molar-refractivity contribution in [3.8, 4) is 5.75 Å². The Labute approximate surface area is 146 Å². The number of ether oxygens (including phenoxy) is 1. The van der Waals surface area contributed by atoms with Crippen LogP contribution in [0.3, 0.4) is 0 Å². The Kier molecular flexibility index (Phi) is 5.04. The number of carbonyl (C=O) groups is 1. The topological polar surface area (TPSA) is 54.7 Å². The summed E-state index contributed by atoms with van der Waals surface area (Å²) in [4.78, 5) is 14.4. The molecule has 2 aromatic carbocycles. The van der Waals surface area contributed by atoms with E-state index in [1.165, 1.54) is 0 Å². The third-order valence-corrected chi connectivity index (χ3v) is 3.64. The molecule has 5 heteroatoms. The minimum Gasteiger partial charge on any atom is -0.486 e. The van der Waals surface area contributed by atoms with Gasteiger partial charge in [-0.05, 0) is 36.4 Å². The molecular weight excluding hydrogens is 316 g/mol. The Morgan fingerprint density at radius 2 is 1.72 bits per heavy atom. The molecule has 0 saturated heterocycles. The molecule has 0 aliphatic rings. The van der Waals surface area contributed by atoms with E-state index in [2.05, 4.69) is 5.32 Å². The molecule has 0 radical (unpaired) electrons. The highest BCUT2D eigenvalue weighted by molar-refractivity contribution is 6.04. The summed E-state index contributed by atoms with van der Waals surface area (Å²) in [6.45, 7) is 0.269. The molecule has 0 aliphatic heterocycles. The van der Waals surface area contributed by atoms with Crippen LogP contribution < -0.4 is 15.0 Å². The molecule has 0 unspecified atom stereocenters. The van der Waals surface area contributed by atoms with Crippen LogP contribution in [-0.2, 0) is 6.61 Å². The Bertz CT molecular complexity index is 841. The lowest BCUT2D eigenvalue weighted by molar-refractivity contribution is 0.0992. The Morgan fingerprint density at radius 1 is 1.00 bits per heavy atom. The van der Waals surface area contributed by atoms with Crippen molar-refractivity contribution in [3.05, 3.63) is 78.3 Å². The van der Waals surface area contributed by atoms with Crippen LogP contribution in [0.2, 0.25) is 0 Å². The van der Waals surface area contributed by atoms with E-state index in [1.807, 2.05) is 73.6 Å². The molecule has 1 heterocycles. The number of nitrogens with zero attached hydrogens (tertiary/aromatic N) is 1. The van der Waals surface area contributed by atoms with Crippen LogP contribution in [-0.4, -0.2) is 20.0 Å². The van der Waals surface area contributed by atoms with Crippen molar-refractivity contribution >= 4 is 17.3 Å². The first-order chi connectivity index (χ1) is 12.1. The van der Waals surface area contributed by atoms with Crippen LogP contribution in [0.15, 0.2) is 71.1 Å². The third-order valence-electron chi connectivity index (χ3n) is 3.64. The van der Waals surface area contributed by atoms with Gasteiger partial charge in [0.25, 0.3) is 5.91 Å². The van der Waals surface area contributed by atoms with Gasteiger partial charge in [-0.25, -0.2) is 0 Å². The molecule has 1 aromatic heterocycles. The van der Waals surface area contributed by atoms with E-state index in [0.29, 0.717) is 5.76 Å². The molecule has 0 spiro atoms. The molecule has 0 aliphatic carbocycles. The number of carbonyl (C=O) groups excluding carboxylic acids is 1. The highest BCUT2D eigenvalue weighted by atomic mass is 16.5. The molecule has 1 N–H and O–H groups in total. The van der Waals surface area contributed by atoms with E-state index < -0.39 is 0 Å². The summed E-state index contributed by atoms with van der Waals surface area (Å²) < 4.78 is 11.2. The number of hydrogen-bond donors (Lipinski definition) is 1. The van der Waals surface area contributed by atoms with Crippen LogP contribution in [0, 0.1) is 0 Å². The second kappa shape index (κ2) is 7.57. The van der Waals surface area contributed by atoms with E-state index in [-0.39, 0.29) is 18.3 Å². The van der Waals surface area contributed by atoms with Gasteiger partial charge in [-0.2, -0.15) is 0 Å². The van der Waals surface area contributed by atoms with Gasteiger partial charge >= 0.3 is 0 Å². The number of rotatable bonds is 6. The second-order valence-electron chi connectivity index (χ2n) is 5.73. The van der Waals surface area contributed by atoms with Gasteiger partial charge in [0.15, 0.2) is 5.76 Å². The number of benzene rings is 2. The van der Waals surface area contributed by atoms with Crippen molar-refractivity contribution in [2.24, 2.45) is 0 Å². The first-order valence-corrected chi connectivity index (χ1v) is 7.98. The minimum absolute atomic E-state index is 0.250. The van der Waals surface area contributed by atoms with E-state index in [1.54, 1.807) is 12.1 Å². The Morgan fingerprint density at radius 3 is 2.48 bits per heavy atom. The number of nitrogens with one attached hydrogen (secondary N) is 1. The maximum absolute atomic E-state index is 12.4. The van der Waals surface area contributed by atoms with Crippen LogP contribution in [0.4, 0.5) is 11.4 Å². The Hall–Kier alpha value is -3.21. The van der Waals surface area contributed by atoms with E-state index >= 15 is 0 Å². The summed E-state index contributed by atoms with van der Waals surface area (Å²) >= 11 is 0. The number of anilines is 2. The third kappa shape index (κ3) is 4.20. The molecule has 1 amide bonds. The summed E-state index contributed by atoms with van der Waals surface area (Å²) in [6, 6.07) is 20.5. The predicted octanol–water partition coefficient (Wildman–Crippen LogP) is 4.18. The van der Waals surface area contributed by atoms with Gasteiger partial charge in [0.2, 0.25) is 0 Å². The first-order valence-electron chi connectivity index (χ1n) is 7.98. The van der Waals surface area contributed by atoms with E-state index in [0.717, 1.165) is 17.1 Å². The average molecular weight is 336 g/mol. The van der Waals surface area contributed by atoms with Gasteiger partial charge in [0, 0.05) is 14.1 Å². The molecule has 0 fully saturated rings. The number of para-hydroxylation sites is 3. The molecule has 0 bridgehead atoms.